The number of thioether (sulfide) groups is 1. The summed E-state index contributed by atoms with van der Waals surface area (Å²) in [6.07, 6.45) is 4.38. The van der Waals surface area contributed by atoms with Crippen molar-refractivity contribution in [2.45, 2.75) is 38.4 Å². The minimum atomic E-state index is 0. The first-order chi connectivity index (χ1) is 5.66. The molecule has 70 valence electrons. The van der Waals surface area contributed by atoms with E-state index in [0.29, 0.717) is 5.41 Å². The molecule has 0 amide bonds. The van der Waals surface area contributed by atoms with Crippen LogP contribution in [0.1, 0.15) is 33.1 Å². The summed E-state index contributed by atoms with van der Waals surface area (Å²) < 4.78 is 0. The number of rotatable bonds is 2. The first-order valence-electron chi connectivity index (χ1n) is 4.86. The van der Waals surface area contributed by atoms with Crippen LogP contribution in [0.15, 0.2) is 0 Å². The average molecular weight is 224 g/mol. The largest absolute Gasteiger partial charge is 1.00 e. The van der Waals surface area contributed by atoms with Gasteiger partial charge in [0.1, 0.15) is 0 Å². The smallest absolute Gasteiger partial charge is 0.782 e. The second kappa shape index (κ2) is 4.69. The van der Waals surface area contributed by atoms with Crippen LogP contribution < -0.4 is 29.6 Å². The zero-order valence-corrected chi connectivity index (χ0v) is 12.5. The zero-order chi connectivity index (χ0) is 8.77. The van der Waals surface area contributed by atoms with Crippen LogP contribution in [0.2, 0.25) is 0 Å². The van der Waals surface area contributed by atoms with Gasteiger partial charge in [-0.15, -0.1) is 5.08 Å². The predicted molar refractivity (Wildman–Crippen MR) is 58.2 cm³/mol. The Labute approximate surface area is 114 Å². The first kappa shape index (κ1) is 12.8. The van der Waals surface area contributed by atoms with Gasteiger partial charge in [-0.3, -0.25) is 0 Å². The van der Waals surface area contributed by atoms with Crippen LogP contribution in [0.25, 0.3) is 0 Å². The van der Waals surface area contributed by atoms with Crippen LogP contribution in [0, 0.1) is 17.3 Å². The number of hydrogen-bond acceptors (Lipinski definition) is 2. The molecule has 0 heterocycles. The normalized spacial score (nSPS) is 40.4. The molecule has 2 bridgehead atoms. The summed E-state index contributed by atoms with van der Waals surface area (Å²) in [6, 6.07) is 0. The molecule has 0 radical (unpaired) electrons. The topological polar surface area (TPSA) is 0 Å². The maximum absolute atomic E-state index is 5.04. The molecule has 3 unspecified atom stereocenters. The number of hydrogen-bond donors (Lipinski definition) is 0. The van der Waals surface area contributed by atoms with E-state index in [9.17, 15) is 0 Å². The van der Waals surface area contributed by atoms with Crippen molar-refractivity contribution in [3.63, 3.8) is 0 Å². The van der Waals surface area contributed by atoms with E-state index < -0.39 is 0 Å². The van der Waals surface area contributed by atoms with E-state index >= 15 is 0 Å². The zero-order valence-electron chi connectivity index (χ0n) is 8.88. The molecule has 2 saturated carbocycles. The summed E-state index contributed by atoms with van der Waals surface area (Å²) >= 11 is 7.06. The summed E-state index contributed by atoms with van der Waals surface area (Å²) in [5, 5.41) is 1.79. The average Bonchev–Trinajstić information content (AvgIpc) is 2.41. The molecule has 13 heavy (non-hydrogen) atoms. The predicted octanol–water partition coefficient (Wildman–Crippen LogP) is 0.0527. The van der Waals surface area contributed by atoms with E-state index in [1.165, 1.54) is 19.3 Å². The van der Waals surface area contributed by atoms with Crippen molar-refractivity contribution >= 4 is 24.4 Å². The molecule has 0 nitrogen and oxygen atoms in total. The Hall–Kier alpha value is 1.70. The molecule has 0 N–H and O–H groups in total. The monoisotopic (exact) mass is 224 g/mol. The van der Waals surface area contributed by atoms with Gasteiger partial charge in [-0.1, -0.05) is 13.8 Å². The molecule has 2 rings (SSSR count). The van der Waals surface area contributed by atoms with Crippen molar-refractivity contribution in [1.82, 2.24) is 0 Å². The van der Waals surface area contributed by atoms with Gasteiger partial charge in [-0.05, 0) is 36.5 Å². The molecule has 2 fully saturated rings. The van der Waals surface area contributed by atoms with E-state index in [2.05, 4.69) is 13.8 Å². The summed E-state index contributed by atoms with van der Waals surface area (Å²) in [5.41, 5.74) is 0.627. The standard InChI is InChI=1S/C10H18S2.Na/c1-10(2)7-3-4-8(10)9(5-7)12-6-11;/h7-9,11H,3-6H2,1-2H3;/q;+1/p-1. The minimum Gasteiger partial charge on any atom is -0.782 e. The molecule has 0 aliphatic heterocycles. The fourth-order valence-corrected chi connectivity index (χ4v) is 5.02. The van der Waals surface area contributed by atoms with Crippen molar-refractivity contribution < 1.29 is 29.6 Å². The fraction of sp³-hybridized carbons (Fsp3) is 1.00. The van der Waals surface area contributed by atoms with Crippen molar-refractivity contribution in [3.05, 3.63) is 0 Å². The van der Waals surface area contributed by atoms with E-state index in [0.717, 1.165) is 22.2 Å². The van der Waals surface area contributed by atoms with E-state index in [1.807, 2.05) is 11.8 Å². The Balaban J connectivity index is 0.000000845. The third-order valence-electron chi connectivity index (χ3n) is 4.08. The molecule has 0 spiro atoms. The molecule has 0 aromatic carbocycles. The van der Waals surface area contributed by atoms with Gasteiger partial charge in [0.05, 0.1) is 0 Å². The molecule has 2 aliphatic rings. The second-order valence-electron chi connectivity index (χ2n) is 4.76. The fourth-order valence-electron chi connectivity index (χ4n) is 3.23. The van der Waals surface area contributed by atoms with Crippen LogP contribution in [0.3, 0.4) is 0 Å². The molecule has 2 aliphatic carbocycles. The van der Waals surface area contributed by atoms with Crippen molar-refractivity contribution in [2.24, 2.45) is 17.3 Å². The van der Waals surface area contributed by atoms with E-state index in [-0.39, 0.29) is 29.6 Å². The molecule has 3 heteroatoms. The summed E-state index contributed by atoms with van der Waals surface area (Å²) in [7, 11) is 0. The number of fused-ring (bicyclic) bond motifs is 2. The maximum atomic E-state index is 5.04. The van der Waals surface area contributed by atoms with Gasteiger partial charge in [-0.2, -0.15) is 11.8 Å². The SMILES string of the molecule is CC1(C)C2CCC1C(SC[S-])C2.[Na+]. The van der Waals surface area contributed by atoms with E-state index in [1.54, 1.807) is 0 Å². The van der Waals surface area contributed by atoms with E-state index in [4.69, 9.17) is 12.6 Å². The van der Waals surface area contributed by atoms with Gasteiger partial charge in [0.15, 0.2) is 0 Å². The molecular formula is C10H17NaS2. The van der Waals surface area contributed by atoms with Crippen LogP contribution >= 0.6 is 11.8 Å². The molecule has 0 aromatic rings. The molecular weight excluding hydrogens is 207 g/mol. The van der Waals surface area contributed by atoms with Crippen LogP contribution in [0.4, 0.5) is 0 Å². The van der Waals surface area contributed by atoms with Gasteiger partial charge in [0, 0.05) is 5.25 Å². The molecule has 0 saturated heterocycles. The van der Waals surface area contributed by atoms with Crippen molar-refractivity contribution in [1.29, 1.82) is 0 Å². The van der Waals surface area contributed by atoms with Gasteiger partial charge < -0.3 is 12.6 Å². The van der Waals surface area contributed by atoms with Crippen LogP contribution in [0.5, 0.6) is 0 Å². The Kier molecular flexibility index (Phi) is 4.61. The summed E-state index contributed by atoms with van der Waals surface area (Å²) in [5.74, 6) is 1.97. The maximum Gasteiger partial charge on any atom is 1.00 e. The van der Waals surface area contributed by atoms with Crippen molar-refractivity contribution in [3.8, 4) is 0 Å². The van der Waals surface area contributed by atoms with Gasteiger partial charge in [0.25, 0.3) is 0 Å². The quantitative estimate of drug-likeness (QED) is 0.480. The Morgan fingerprint density at radius 3 is 2.46 bits per heavy atom. The van der Waals surface area contributed by atoms with Gasteiger partial charge in [0.2, 0.25) is 0 Å². The van der Waals surface area contributed by atoms with Crippen LogP contribution in [-0.2, 0) is 12.6 Å². The van der Waals surface area contributed by atoms with Crippen molar-refractivity contribution in [2.75, 3.05) is 5.08 Å². The Bertz CT molecular complexity index is 182. The summed E-state index contributed by atoms with van der Waals surface area (Å²) in [6.45, 7) is 4.92. The third kappa shape index (κ3) is 2.13. The van der Waals surface area contributed by atoms with Crippen LogP contribution in [-0.4, -0.2) is 10.3 Å². The van der Waals surface area contributed by atoms with Gasteiger partial charge >= 0.3 is 29.6 Å². The molecule has 3 atom stereocenters. The first-order valence-corrected chi connectivity index (χ1v) is 6.48. The van der Waals surface area contributed by atoms with Gasteiger partial charge in [-0.25, -0.2) is 0 Å². The Morgan fingerprint density at radius 2 is 2.08 bits per heavy atom. The minimum absolute atomic E-state index is 0. The third-order valence-corrected chi connectivity index (χ3v) is 5.58. The summed E-state index contributed by atoms with van der Waals surface area (Å²) in [4.78, 5) is 0. The molecule has 0 aromatic heterocycles. The Morgan fingerprint density at radius 1 is 1.38 bits per heavy atom. The second-order valence-corrected chi connectivity index (χ2v) is 6.64.